The molecule has 0 radical (unpaired) electrons. The van der Waals surface area contributed by atoms with Crippen molar-refractivity contribution < 1.29 is 9.69 Å². The van der Waals surface area contributed by atoms with Crippen LogP contribution in [0.3, 0.4) is 0 Å². The molecule has 2 aliphatic heterocycles. The number of likely N-dealkylation sites (tertiary alicyclic amines) is 1. The van der Waals surface area contributed by atoms with E-state index in [1.54, 1.807) is 0 Å². The maximum atomic E-state index is 12.7. The topological polar surface area (TPSA) is 40.0 Å². The van der Waals surface area contributed by atoms with Gasteiger partial charge >= 0.3 is 0 Å². The van der Waals surface area contributed by atoms with Gasteiger partial charge in [0.05, 0.1) is 26.2 Å². The third kappa shape index (κ3) is 5.45. The molecule has 2 N–H and O–H groups in total. The molecule has 2 fully saturated rings. The van der Waals surface area contributed by atoms with Gasteiger partial charge in [0.25, 0.3) is 5.91 Å². The minimum atomic E-state index is 0.318. The summed E-state index contributed by atoms with van der Waals surface area (Å²) in [5.74, 6) is 1.55. The second-order valence-corrected chi connectivity index (χ2v) is 9.29. The van der Waals surface area contributed by atoms with E-state index in [9.17, 15) is 4.79 Å². The number of aryl methyl sites for hydroxylation is 2. The third-order valence-corrected chi connectivity index (χ3v) is 6.38. The Balaban J connectivity index is 1.47. The van der Waals surface area contributed by atoms with Gasteiger partial charge in [0.2, 0.25) is 0 Å². The van der Waals surface area contributed by atoms with Crippen LogP contribution < -0.4 is 10.2 Å². The Morgan fingerprint density at radius 2 is 1.79 bits per heavy atom. The quantitative estimate of drug-likeness (QED) is 0.754. The average Bonchev–Trinajstić information content (AvgIpc) is 2.64. The summed E-state index contributed by atoms with van der Waals surface area (Å²) in [4.78, 5) is 18.4. The van der Waals surface area contributed by atoms with Gasteiger partial charge in [-0.05, 0) is 61.5 Å². The second-order valence-electron chi connectivity index (χ2n) is 8.91. The van der Waals surface area contributed by atoms with E-state index in [-0.39, 0.29) is 0 Å². The van der Waals surface area contributed by atoms with Crippen LogP contribution in [-0.4, -0.2) is 66.6 Å². The summed E-state index contributed by atoms with van der Waals surface area (Å²) >= 11 is 5.64. The SMILES string of the molecule is Cc1ccc(C)c(NC(=S)N2CC[NH+](CC(=O)N3C[C@H](C)C[C@H](C)C3)CC2)c1. The van der Waals surface area contributed by atoms with Gasteiger partial charge < -0.3 is 20.0 Å². The predicted octanol–water partition coefficient (Wildman–Crippen LogP) is 1.71. The Morgan fingerprint density at radius 3 is 2.43 bits per heavy atom. The molecule has 5 nitrogen and oxygen atoms in total. The highest BCUT2D eigenvalue weighted by atomic mass is 32.1. The first-order valence-electron chi connectivity index (χ1n) is 10.6. The van der Waals surface area contributed by atoms with Crippen LogP contribution in [0.5, 0.6) is 0 Å². The predicted molar refractivity (Wildman–Crippen MR) is 119 cm³/mol. The highest BCUT2D eigenvalue weighted by Gasteiger charge is 2.29. The molecule has 2 aliphatic rings. The first-order chi connectivity index (χ1) is 13.3. The van der Waals surface area contributed by atoms with Gasteiger partial charge in [-0.15, -0.1) is 0 Å². The van der Waals surface area contributed by atoms with Crippen LogP contribution in [0.1, 0.15) is 31.4 Å². The molecular formula is C22H35N4OS+. The third-order valence-electron chi connectivity index (χ3n) is 6.02. The molecule has 0 spiro atoms. The lowest BCUT2D eigenvalue weighted by Gasteiger charge is -2.37. The van der Waals surface area contributed by atoms with Gasteiger partial charge in [-0.25, -0.2) is 0 Å². The first kappa shape index (κ1) is 21.1. The van der Waals surface area contributed by atoms with Crippen LogP contribution in [0.25, 0.3) is 0 Å². The number of anilines is 1. The molecule has 6 heteroatoms. The standard InChI is InChI=1S/C22H34N4OS/c1-16-5-6-19(4)20(12-16)23-22(28)25-9-7-24(8-10-25)15-21(27)26-13-17(2)11-18(3)14-26/h5-6,12,17-18H,7-11,13-15H2,1-4H3,(H,23,28)/p+1/t17-,18+. The summed E-state index contributed by atoms with van der Waals surface area (Å²) in [7, 11) is 0. The lowest BCUT2D eigenvalue weighted by atomic mass is 9.92. The molecule has 0 saturated carbocycles. The molecule has 0 aliphatic carbocycles. The lowest BCUT2D eigenvalue weighted by molar-refractivity contribution is -0.896. The molecule has 1 aromatic carbocycles. The zero-order chi connectivity index (χ0) is 20.3. The van der Waals surface area contributed by atoms with Crippen LogP contribution in [-0.2, 0) is 4.79 Å². The van der Waals surface area contributed by atoms with Gasteiger partial charge in [0.1, 0.15) is 0 Å². The average molecular weight is 404 g/mol. The van der Waals surface area contributed by atoms with E-state index in [0.717, 1.165) is 50.1 Å². The van der Waals surface area contributed by atoms with Crippen molar-refractivity contribution in [2.75, 3.05) is 51.1 Å². The maximum Gasteiger partial charge on any atom is 0.277 e. The van der Waals surface area contributed by atoms with Gasteiger partial charge in [-0.3, -0.25) is 4.79 Å². The van der Waals surface area contributed by atoms with Crippen LogP contribution in [0, 0.1) is 25.7 Å². The number of quaternary nitrogens is 1. The molecule has 2 heterocycles. The number of hydrogen-bond acceptors (Lipinski definition) is 2. The van der Waals surface area contributed by atoms with Crippen molar-refractivity contribution in [1.82, 2.24) is 9.80 Å². The molecule has 2 saturated heterocycles. The Hall–Kier alpha value is -1.66. The van der Waals surface area contributed by atoms with E-state index in [4.69, 9.17) is 12.2 Å². The molecule has 0 unspecified atom stereocenters. The van der Waals surface area contributed by atoms with Crippen LogP contribution >= 0.6 is 12.2 Å². The summed E-state index contributed by atoms with van der Waals surface area (Å²) < 4.78 is 0. The number of carbonyl (C=O) groups is 1. The Kier molecular flexibility index (Phi) is 6.94. The van der Waals surface area contributed by atoms with Crippen molar-refractivity contribution >= 4 is 28.9 Å². The Labute approximate surface area is 175 Å². The number of amides is 1. The molecule has 28 heavy (non-hydrogen) atoms. The second kappa shape index (κ2) is 9.23. The zero-order valence-corrected chi connectivity index (χ0v) is 18.6. The van der Waals surface area contributed by atoms with Crippen molar-refractivity contribution in [1.29, 1.82) is 0 Å². The van der Waals surface area contributed by atoms with E-state index in [2.05, 4.69) is 61.0 Å². The molecule has 3 rings (SSSR count). The number of piperidine rings is 1. The van der Waals surface area contributed by atoms with Crippen LogP contribution in [0.2, 0.25) is 0 Å². The van der Waals surface area contributed by atoms with Crippen molar-refractivity contribution in [3.63, 3.8) is 0 Å². The first-order valence-corrected chi connectivity index (χ1v) is 11.0. The molecule has 0 aromatic heterocycles. The van der Waals surface area contributed by atoms with Crippen LogP contribution in [0.4, 0.5) is 5.69 Å². The normalized spacial score (nSPS) is 23.6. The van der Waals surface area contributed by atoms with E-state index in [0.29, 0.717) is 24.3 Å². The van der Waals surface area contributed by atoms with E-state index in [1.165, 1.54) is 22.4 Å². The summed E-state index contributed by atoms with van der Waals surface area (Å²) in [5.41, 5.74) is 3.51. The smallest absolute Gasteiger partial charge is 0.277 e. The van der Waals surface area contributed by atoms with Gasteiger partial charge in [-0.1, -0.05) is 26.0 Å². The van der Waals surface area contributed by atoms with Gasteiger partial charge in [-0.2, -0.15) is 0 Å². The minimum absolute atomic E-state index is 0.318. The fourth-order valence-corrected chi connectivity index (χ4v) is 4.75. The minimum Gasteiger partial charge on any atom is -0.338 e. The fraction of sp³-hybridized carbons (Fsp3) is 0.636. The number of hydrogen-bond donors (Lipinski definition) is 2. The molecule has 1 amide bonds. The Bertz CT molecular complexity index is 704. The number of thiocarbonyl (C=S) groups is 1. The van der Waals surface area contributed by atoms with E-state index >= 15 is 0 Å². The fourth-order valence-electron chi connectivity index (χ4n) is 4.46. The van der Waals surface area contributed by atoms with E-state index in [1.807, 2.05) is 0 Å². The summed E-state index contributed by atoms with van der Waals surface area (Å²) in [6.07, 6.45) is 1.24. The highest BCUT2D eigenvalue weighted by Crippen LogP contribution is 2.20. The zero-order valence-electron chi connectivity index (χ0n) is 17.8. The van der Waals surface area contributed by atoms with Crippen LogP contribution in [0.15, 0.2) is 18.2 Å². The highest BCUT2D eigenvalue weighted by molar-refractivity contribution is 7.80. The molecule has 1 aromatic rings. The summed E-state index contributed by atoms with van der Waals surface area (Å²) in [5, 5.41) is 4.20. The van der Waals surface area contributed by atoms with Crippen molar-refractivity contribution in [3.05, 3.63) is 29.3 Å². The molecule has 2 atom stereocenters. The molecule has 0 bridgehead atoms. The largest absolute Gasteiger partial charge is 0.338 e. The maximum absolute atomic E-state index is 12.7. The summed E-state index contributed by atoms with van der Waals surface area (Å²) in [6, 6.07) is 6.38. The number of nitrogens with zero attached hydrogens (tertiary/aromatic N) is 2. The van der Waals surface area contributed by atoms with Crippen molar-refractivity contribution in [3.8, 4) is 0 Å². The lowest BCUT2D eigenvalue weighted by Crippen LogP contribution is -3.15. The number of benzene rings is 1. The number of carbonyl (C=O) groups excluding carboxylic acids is 1. The summed E-state index contributed by atoms with van der Waals surface area (Å²) in [6.45, 7) is 14.9. The van der Waals surface area contributed by atoms with Gasteiger partial charge in [0.15, 0.2) is 11.7 Å². The Morgan fingerprint density at radius 1 is 1.14 bits per heavy atom. The van der Waals surface area contributed by atoms with Crippen molar-refractivity contribution in [2.24, 2.45) is 11.8 Å². The molecule has 154 valence electrons. The van der Waals surface area contributed by atoms with Crippen molar-refractivity contribution in [2.45, 2.75) is 34.1 Å². The monoisotopic (exact) mass is 403 g/mol. The van der Waals surface area contributed by atoms with E-state index < -0.39 is 0 Å². The van der Waals surface area contributed by atoms with Gasteiger partial charge in [0, 0.05) is 18.8 Å². The number of rotatable bonds is 3. The number of nitrogens with one attached hydrogen (secondary N) is 2. The molecular weight excluding hydrogens is 368 g/mol. The number of piperazine rings is 1.